The largest absolute Gasteiger partial charge is 0.369 e. The third-order valence-corrected chi connectivity index (χ3v) is 3.62. The molecule has 0 aromatic heterocycles. The van der Waals surface area contributed by atoms with Crippen molar-refractivity contribution in [2.45, 2.75) is 40.2 Å². The van der Waals surface area contributed by atoms with E-state index in [0.717, 1.165) is 13.0 Å². The fourth-order valence-corrected chi connectivity index (χ4v) is 2.71. The van der Waals surface area contributed by atoms with E-state index in [4.69, 9.17) is 0 Å². The Kier molecular flexibility index (Phi) is 3.90. The lowest BCUT2D eigenvalue weighted by molar-refractivity contribution is 0.702. The minimum absolute atomic E-state index is 0.533. The van der Waals surface area contributed by atoms with E-state index in [9.17, 15) is 0 Å². The Labute approximate surface area is 110 Å². The van der Waals surface area contributed by atoms with Gasteiger partial charge in [0.15, 0.2) is 0 Å². The van der Waals surface area contributed by atoms with Crippen molar-refractivity contribution in [2.24, 2.45) is 0 Å². The predicted molar refractivity (Wildman–Crippen MR) is 81.5 cm³/mol. The molecule has 0 N–H and O–H groups in total. The van der Waals surface area contributed by atoms with Crippen LogP contribution in [0.25, 0.3) is 10.8 Å². The molecule has 1 heteroatoms. The molecule has 0 amide bonds. The number of fused-ring (bicyclic) bond motifs is 1. The molecule has 0 radical (unpaired) electrons. The van der Waals surface area contributed by atoms with Crippen LogP contribution < -0.4 is 4.90 Å². The van der Waals surface area contributed by atoms with Crippen LogP contribution in [0.5, 0.6) is 0 Å². The van der Waals surface area contributed by atoms with Crippen LogP contribution in [0.2, 0.25) is 0 Å². The van der Waals surface area contributed by atoms with Gasteiger partial charge in [-0.05, 0) is 38.1 Å². The molecule has 2 aromatic carbocycles. The van der Waals surface area contributed by atoms with E-state index < -0.39 is 0 Å². The van der Waals surface area contributed by atoms with Gasteiger partial charge in [0, 0.05) is 23.7 Å². The lowest BCUT2D eigenvalue weighted by Crippen LogP contribution is -2.31. The zero-order valence-corrected chi connectivity index (χ0v) is 11.9. The summed E-state index contributed by atoms with van der Waals surface area (Å²) in [4.78, 5) is 2.50. The number of rotatable bonds is 4. The van der Waals surface area contributed by atoms with Crippen molar-refractivity contribution in [1.82, 2.24) is 0 Å². The molecule has 1 nitrogen and oxygen atoms in total. The first-order chi connectivity index (χ1) is 8.69. The molecule has 0 heterocycles. The van der Waals surface area contributed by atoms with Crippen molar-refractivity contribution < 1.29 is 0 Å². The van der Waals surface area contributed by atoms with Gasteiger partial charge < -0.3 is 4.90 Å². The molecule has 0 spiro atoms. The van der Waals surface area contributed by atoms with E-state index in [-0.39, 0.29) is 0 Å². The third-order valence-electron chi connectivity index (χ3n) is 3.62. The molecule has 0 aliphatic carbocycles. The highest BCUT2D eigenvalue weighted by Crippen LogP contribution is 2.32. The number of aryl methyl sites for hydroxylation is 1. The Bertz CT molecular complexity index is 528. The van der Waals surface area contributed by atoms with Gasteiger partial charge in [-0.2, -0.15) is 0 Å². The molecule has 0 bridgehead atoms. The quantitative estimate of drug-likeness (QED) is 0.754. The summed E-state index contributed by atoms with van der Waals surface area (Å²) in [5.74, 6) is 0. The van der Waals surface area contributed by atoms with Crippen molar-refractivity contribution in [3.05, 3.63) is 42.0 Å². The lowest BCUT2D eigenvalue weighted by Gasteiger charge is -2.31. The highest BCUT2D eigenvalue weighted by molar-refractivity contribution is 5.96. The van der Waals surface area contributed by atoms with Gasteiger partial charge in [-0.1, -0.05) is 43.3 Å². The molecule has 0 aliphatic rings. The van der Waals surface area contributed by atoms with Crippen LogP contribution in [-0.2, 0) is 6.42 Å². The zero-order chi connectivity index (χ0) is 13.1. The lowest BCUT2D eigenvalue weighted by atomic mass is 10.0. The summed E-state index contributed by atoms with van der Waals surface area (Å²) in [5.41, 5.74) is 2.87. The van der Waals surface area contributed by atoms with Gasteiger partial charge in [-0.15, -0.1) is 0 Å². The van der Waals surface area contributed by atoms with Crippen molar-refractivity contribution in [3.63, 3.8) is 0 Å². The van der Waals surface area contributed by atoms with Crippen LogP contribution in [0.4, 0.5) is 5.69 Å². The molecule has 0 atom stereocenters. The van der Waals surface area contributed by atoms with Crippen molar-refractivity contribution in [3.8, 4) is 0 Å². The first-order valence-electron chi connectivity index (χ1n) is 6.96. The molecule has 0 aliphatic heterocycles. The average molecular weight is 241 g/mol. The Morgan fingerprint density at radius 3 is 2.33 bits per heavy atom. The van der Waals surface area contributed by atoms with E-state index in [2.05, 4.69) is 69.0 Å². The number of nitrogens with zero attached hydrogens (tertiary/aromatic N) is 1. The number of benzene rings is 2. The van der Waals surface area contributed by atoms with E-state index >= 15 is 0 Å². The Balaban J connectivity index is 2.71. The molecule has 18 heavy (non-hydrogen) atoms. The number of hydrogen-bond donors (Lipinski definition) is 0. The van der Waals surface area contributed by atoms with Crippen molar-refractivity contribution in [1.29, 1.82) is 0 Å². The molecule has 2 rings (SSSR count). The van der Waals surface area contributed by atoms with Gasteiger partial charge in [0.05, 0.1) is 0 Å². The van der Waals surface area contributed by atoms with Crippen LogP contribution in [-0.4, -0.2) is 12.6 Å². The minimum atomic E-state index is 0.533. The molecule has 0 unspecified atom stereocenters. The highest BCUT2D eigenvalue weighted by Gasteiger charge is 2.15. The SMILES string of the molecule is CCc1ccc2ccccc2c1N(CC)C(C)C. The standard InChI is InChI=1S/C17H23N/c1-5-14-11-12-15-9-7-8-10-16(15)17(14)18(6-2)13(3)4/h7-13H,5-6H2,1-4H3. The second kappa shape index (κ2) is 5.43. The molecular weight excluding hydrogens is 218 g/mol. The van der Waals surface area contributed by atoms with Crippen LogP contribution in [0.1, 0.15) is 33.3 Å². The zero-order valence-electron chi connectivity index (χ0n) is 11.9. The first kappa shape index (κ1) is 12.9. The summed E-state index contributed by atoms with van der Waals surface area (Å²) in [6, 6.07) is 13.8. The highest BCUT2D eigenvalue weighted by atomic mass is 15.1. The van der Waals surface area contributed by atoms with Crippen LogP contribution in [0.15, 0.2) is 36.4 Å². The summed E-state index contributed by atoms with van der Waals surface area (Å²) < 4.78 is 0. The van der Waals surface area contributed by atoms with E-state index in [1.807, 2.05) is 0 Å². The fraction of sp³-hybridized carbons (Fsp3) is 0.412. The first-order valence-corrected chi connectivity index (χ1v) is 6.96. The molecule has 0 saturated carbocycles. The maximum absolute atomic E-state index is 2.50. The summed E-state index contributed by atoms with van der Waals surface area (Å²) >= 11 is 0. The van der Waals surface area contributed by atoms with Crippen molar-refractivity contribution >= 4 is 16.5 Å². The molecule has 96 valence electrons. The van der Waals surface area contributed by atoms with Gasteiger partial charge >= 0.3 is 0 Å². The Morgan fingerprint density at radius 1 is 1.00 bits per heavy atom. The normalized spacial score (nSPS) is 11.2. The van der Waals surface area contributed by atoms with Crippen LogP contribution in [0.3, 0.4) is 0 Å². The van der Waals surface area contributed by atoms with Gasteiger partial charge in [0.1, 0.15) is 0 Å². The fourth-order valence-electron chi connectivity index (χ4n) is 2.71. The summed E-state index contributed by atoms with van der Waals surface area (Å²) in [6.45, 7) is 10.1. The molecule has 0 fully saturated rings. The maximum atomic E-state index is 2.50. The topological polar surface area (TPSA) is 3.24 Å². The molecule has 2 aromatic rings. The molecule has 0 saturated heterocycles. The van der Waals surface area contributed by atoms with Gasteiger partial charge in [-0.3, -0.25) is 0 Å². The van der Waals surface area contributed by atoms with E-state index in [0.29, 0.717) is 6.04 Å². The van der Waals surface area contributed by atoms with Crippen LogP contribution in [0, 0.1) is 0 Å². The number of hydrogen-bond acceptors (Lipinski definition) is 1. The van der Waals surface area contributed by atoms with E-state index in [1.54, 1.807) is 0 Å². The van der Waals surface area contributed by atoms with Gasteiger partial charge in [0.2, 0.25) is 0 Å². The third kappa shape index (κ3) is 2.22. The van der Waals surface area contributed by atoms with Gasteiger partial charge in [0.25, 0.3) is 0 Å². The maximum Gasteiger partial charge on any atom is 0.0480 e. The Hall–Kier alpha value is -1.50. The van der Waals surface area contributed by atoms with Crippen molar-refractivity contribution in [2.75, 3.05) is 11.4 Å². The second-order valence-corrected chi connectivity index (χ2v) is 5.03. The number of anilines is 1. The average Bonchev–Trinajstić information content (AvgIpc) is 2.39. The van der Waals surface area contributed by atoms with E-state index in [1.165, 1.54) is 22.0 Å². The van der Waals surface area contributed by atoms with Crippen LogP contribution >= 0.6 is 0 Å². The Morgan fingerprint density at radius 2 is 1.72 bits per heavy atom. The smallest absolute Gasteiger partial charge is 0.0480 e. The summed E-state index contributed by atoms with van der Waals surface area (Å²) in [6.07, 6.45) is 1.09. The summed E-state index contributed by atoms with van der Waals surface area (Å²) in [5, 5.41) is 2.72. The van der Waals surface area contributed by atoms with Gasteiger partial charge in [-0.25, -0.2) is 0 Å². The minimum Gasteiger partial charge on any atom is -0.369 e. The summed E-state index contributed by atoms with van der Waals surface area (Å²) in [7, 11) is 0. The second-order valence-electron chi connectivity index (χ2n) is 5.03. The predicted octanol–water partition coefficient (Wildman–Crippen LogP) is 4.64. The molecular formula is C17H23N. The monoisotopic (exact) mass is 241 g/mol.